The van der Waals surface area contributed by atoms with E-state index in [2.05, 4.69) is 5.48 Å². The zero-order chi connectivity index (χ0) is 38.4. The van der Waals surface area contributed by atoms with Crippen LogP contribution in [-0.2, 0) is 39.9 Å². The van der Waals surface area contributed by atoms with Gasteiger partial charge < -0.3 is 55.1 Å². The van der Waals surface area contributed by atoms with Crippen molar-refractivity contribution in [3.05, 3.63) is 51.6 Å². The molecular weight excluding hydrogens is 698 g/mol. The highest BCUT2D eigenvalue weighted by molar-refractivity contribution is 6.31. The number of phenolic OH excluding ortho intramolecular Hbond substituents is 2. The second-order valence-corrected chi connectivity index (χ2v) is 12.8. The second kappa shape index (κ2) is 14.2. The number of carbonyl (C=O) groups excluding carboxylic acids is 3. The van der Waals surface area contributed by atoms with E-state index < -0.39 is 138 Å². The Morgan fingerprint density at radius 2 is 1.63 bits per heavy atom. The largest absolute Gasteiger partial charge is 0.507 e. The van der Waals surface area contributed by atoms with Crippen LogP contribution in [-0.4, -0.2) is 126 Å². The van der Waals surface area contributed by atoms with Gasteiger partial charge in [-0.1, -0.05) is 12.1 Å². The van der Waals surface area contributed by atoms with Gasteiger partial charge in [-0.2, -0.15) is 5.48 Å². The number of phenols is 2. The highest BCUT2D eigenvalue weighted by Gasteiger charge is 2.51. The first-order chi connectivity index (χ1) is 24.4. The first-order valence-corrected chi connectivity index (χ1v) is 15.7. The van der Waals surface area contributed by atoms with Crippen LogP contribution in [0.4, 0.5) is 0 Å². The van der Waals surface area contributed by atoms with Crippen molar-refractivity contribution >= 4 is 35.3 Å². The van der Waals surface area contributed by atoms with Gasteiger partial charge in [0.15, 0.2) is 17.9 Å². The Morgan fingerprint density at radius 1 is 1.00 bits per heavy atom. The Bertz CT molecular complexity index is 1840. The lowest BCUT2D eigenvalue weighted by atomic mass is 9.72. The summed E-state index contributed by atoms with van der Waals surface area (Å²) in [4.78, 5) is 80.5. The molecule has 2 aliphatic carbocycles. The number of methoxy groups -OCH3 is 1. The molecule has 2 aromatic carbocycles. The van der Waals surface area contributed by atoms with E-state index in [9.17, 15) is 69.6 Å². The van der Waals surface area contributed by atoms with Gasteiger partial charge in [-0.25, -0.2) is 4.79 Å². The van der Waals surface area contributed by atoms with Crippen LogP contribution in [0.5, 0.6) is 17.2 Å². The van der Waals surface area contributed by atoms with Crippen molar-refractivity contribution in [2.24, 2.45) is 0 Å². The average molecular weight is 734 g/mol. The van der Waals surface area contributed by atoms with Crippen molar-refractivity contribution in [3.63, 3.8) is 0 Å². The molecule has 0 radical (unpaired) electrons. The number of ether oxygens (including phenoxy) is 3. The van der Waals surface area contributed by atoms with E-state index in [0.29, 0.717) is 0 Å². The molecular formula is C33H35NO18. The summed E-state index contributed by atoms with van der Waals surface area (Å²) >= 11 is 0. The smallest absolute Gasteiger partial charge is 0.339 e. The molecule has 280 valence electrons. The number of rotatable bonds is 13. The Morgan fingerprint density at radius 3 is 2.21 bits per heavy atom. The maximum atomic E-state index is 13.9. The van der Waals surface area contributed by atoms with Crippen LogP contribution in [0.15, 0.2) is 18.2 Å². The minimum Gasteiger partial charge on any atom is -0.507 e. The van der Waals surface area contributed by atoms with Crippen molar-refractivity contribution in [1.29, 1.82) is 0 Å². The summed E-state index contributed by atoms with van der Waals surface area (Å²) in [5, 5.41) is 83.4. The van der Waals surface area contributed by atoms with E-state index in [0.717, 1.165) is 0 Å². The zero-order valence-corrected chi connectivity index (χ0v) is 27.5. The molecule has 2 aromatic rings. The molecule has 19 heteroatoms. The van der Waals surface area contributed by atoms with Gasteiger partial charge in [0, 0.05) is 36.0 Å². The Labute approximate surface area is 292 Å². The Kier molecular flexibility index (Phi) is 10.4. The summed E-state index contributed by atoms with van der Waals surface area (Å²) in [6.45, 7) is 0.189. The van der Waals surface area contributed by atoms with E-state index >= 15 is 0 Å². The third-order valence-corrected chi connectivity index (χ3v) is 9.43. The third-order valence-electron chi connectivity index (χ3n) is 9.43. The summed E-state index contributed by atoms with van der Waals surface area (Å²) in [6.07, 6.45) is -10.3. The van der Waals surface area contributed by atoms with Gasteiger partial charge in [0.2, 0.25) is 11.4 Å². The number of aliphatic hydroxyl groups is 3. The summed E-state index contributed by atoms with van der Waals surface area (Å²) in [5.74, 6) is -9.95. The van der Waals surface area contributed by atoms with Crippen molar-refractivity contribution in [1.82, 2.24) is 5.48 Å². The molecule has 52 heavy (non-hydrogen) atoms. The summed E-state index contributed by atoms with van der Waals surface area (Å²) in [6, 6.07) is 2.80. The molecule has 9 N–H and O–H groups in total. The van der Waals surface area contributed by atoms with Crippen LogP contribution >= 0.6 is 0 Å². The monoisotopic (exact) mass is 733 g/mol. The van der Waals surface area contributed by atoms with Crippen LogP contribution < -0.4 is 10.2 Å². The van der Waals surface area contributed by atoms with E-state index in [1.54, 1.807) is 0 Å². The van der Waals surface area contributed by atoms with E-state index in [1.807, 2.05) is 0 Å². The number of Topliss-reactive ketones (excluding diaryl/α,β-unsaturated/α-hetero) is 1. The number of aromatic hydroxyl groups is 2. The molecule has 1 heterocycles. The predicted octanol–water partition coefficient (Wildman–Crippen LogP) is -0.663. The number of carbonyl (C=O) groups is 6. The van der Waals surface area contributed by atoms with Crippen molar-refractivity contribution in [3.8, 4) is 17.2 Å². The summed E-state index contributed by atoms with van der Waals surface area (Å²) < 4.78 is 17.1. The van der Waals surface area contributed by atoms with Gasteiger partial charge in [-0.3, -0.25) is 28.8 Å². The van der Waals surface area contributed by atoms with Crippen molar-refractivity contribution in [2.45, 2.75) is 80.9 Å². The van der Waals surface area contributed by atoms with Crippen LogP contribution in [0.25, 0.3) is 0 Å². The zero-order valence-electron chi connectivity index (χ0n) is 27.5. The Hall–Kier alpha value is -5.02. The molecule has 6 atom stereocenters. The molecule has 3 aliphatic rings. The number of aliphatic carboxylic acids is 3. The summed E-state index contributed by atoms with van der Waals surface area (Å²) in [5.41, 5.74) is -5.33. The highest BCUT2D eigenvalue weighted by Crippen LogP contribution is 2.52. The number of fused-ring (bicyclic) bond motifs is 3. The van der Waals surface area contributed by atoms with Gasteiger partial charge >= 0.3 is 17.9 Å². The lowest BCUT2D eigenvalue weighted by Crippen LogP contribution is -2.58. The van der Waals surface area contributed by atoms with Gasteiger partial charge in [0.25, 0.3) is 0 Å². The number of hydroxylamine groups is 1. The molecule has 0 saturated carbocycles. The van der Waals surface area contributed by atoms with Crippen molar-refractivity contribution in [2.75, 3.05) is 13.7 Å². The van der Waals surface area contributed by atoms with Crippen LogP contribution in [0, 0.1) is 0 Å². The fraction of sp³-hybridized carbons (Fsp3) is 0.455. The molecule has 0 bridgehead atoms. The number of carboxylic acid groups (broad SMARTS) is 3. The molecule has 19 nitrogen and oxygen atoms in total. The molecule has 0 spiro atoms. The van der Waals surface area contributed by atoms with Crippen LogP contribution in [0.1, 0.15) is 81.7 Å². The number of hydrogen-bond donors (Lipinski definition) is 9. The van der Waals surface area contributed by atoms with Crippen LogP contribution in [0.3, 0.4) is 0 Å². The SMILES string of the molecule is COc1cccc2c1C(=O)c1c(O)c3c(c(O)c1C2=O)C[C@@](O)(C(=O)CO)C[C@@H]3OC1CC(NOC(CC(=O)O)(CC(=O)O)C(=O)O)C(O)C(C)O1. The normalized spacial score (nSPS) is 25.4. The first-order valence-electron chi connectivity index (χ1n) is 15.7. The van der Waals surface area contributed by atoms with Gasteiger partial charge in [-0.15, -0.1) is 0 Å². The number of benzene rings is 2. The molecule has 0 aromatic heterocycles. The topological polar surface area (TPSA) is 313 Å². The van der Waals surface area contributed by atoms with E-state index in [1.165, 1.54) is 32.2 Å². The molecule has 5 rings (SSSR count). The highest BCUT2D eigenvalue weighted by atomic mass is 16.7. The first kappa shape index (κ1) is 38.2. The lowest BCUT2D eigenvalue weighted by molar-refractivity contribution is -0.263. The fourth-order valence-corrected chi connectivity index (χ4v) is 6.84. The number of nitrogens with one attached hydrogen (secondary N) is 1. The van der Waals surface area contributed by atoms with Gasteiger partial charge in [0.05, 0.1) is 61.0 Å². The third kappa shape index (κ3) is 6.58. The number of aliphatic hydroxyl groups excluding tert-OH is 2. The van der Waals surface area contributed by atoms with Gasteiger partial charge in [0.1, 0.15) is 29.5 Å². The fourth-order valence-electron chi connectivity index (χ4n) is 6.84. The molecule has 4 unspecified atom stereocenters. The maximum absolute atomic E-state index is 13.9. The molecule has 1 saturated heterocycles. The molecule has 1 fully saturated rings. The van der Waals surface area contributed by atoms with Gasteiger partial charge in [-0.05, 0) is 13.0 Å². The lowest BCUT2D eigenvalue weighted by Gasteiger charge is -2.43. The van der Waals surface area contributed by atoms with Crippen molar-refractivity contribution < 1.29 is 88.7 Å². The maximum Gasteiger partial charge on any atom is 0.339 e. The number of hydrogen-bond acceptors (Lipinski definition) is 16. The standard InChI is InChI=1S/C33H35NO18/c1-12-26(41)15(34-52-33(31(46)47,9-19(37)38)10-20(39)40)6-21(50-12)51-17-8-32(48,18(36)11-35)7-14-23(17)30(45)25-24(28(14)43)27(42)13-4-3-5-16(49-2)22(13)29(25)44/h3-5,12,15,17,21,26,34-35,41,43,45,48H,6-11H2,1-2H3,(H,37,38)(H,39,40)(H,46,47)/t12?,15?,17-,21?,26?,32-/m0/s1. The quantitative estimate of drug-likeness (QED) is 0.0777. The van der Waals surface area contributed by atoms with Crippen LogP contribution in [0.2, 0.25) is 0 Å². The number of ketones is 3. The molecule has 1 aliphatic heterocycles. The minimum atomic E-state index is -2.83. The minimum absolute atomic E-state index is 0.00336. The van der Waals surface area contributed by atoms with E-state index in [4.69, 9.17) is 19.0 Å². The average Bonchev–Trinajstić information content (AvgIpc) is 3.07. The summed E-state index contributed by atoms with van der Waals surface area (Å²) in [7, 11) is 1.26. The van der Waals surface area contributed by atoms with E-state index in [-0.39, 0.29) is 28.0 Å². The Balaban J connectivity index is 1.54. The second-order valence-electron chi connectivity index (χ2n) is 12.8. The predicted molar refractivity (Wildman–Crippen MR) is 167 cm³/mol. The number of carboxylic acids is 3. The molecule has 0 amide bonds.